The highest BCUT2D eigenvalue weighted by Gasteiger charge is 2.24. The maximum Gasteiger partial charge on any atom is 0.149 e. The Morgan fingerprint density at radius 3 is 2.64 bits per heavy atom. The summed E-state index contributed by atoms with van der Waals surface area (Å²) in [6.45, 7) is 7.51. The zero-order chi connectivity index (χ0) is 20.4. The Labute approximate surface area is 165 Å². The SMILES string of the molecule is CCOCc1nc2cnc3ccccc3c2n1CC(C)(C)OCCS(C)(=O)=O. The third-order valence-corrected chi connectivity index (χ3v) is 5.39. The minimum atomic E-state index is -3.06. The van der Waals surface area contributed by atoms with Crippen molar-refractivity contribution in [2.75, 3.05) is 25.2 Å². The third-order valence-electron chi connectivity index (χ3n) is 4.48. The maximum absolute atomic E-state index is 11.4. The molecule has 0 fully saturated rings. The standard InChI is InChI=1S/C20H27N3O4S/c1-5-26-13-18-22-17-12-21-16-9-7-6-8-15(16)19(17)23(18)14-20(2,3)27-10-11-28(4,24)25/h6-9,12H,5,10-11,13-14H2,1-4H3. The van der Waals surface area contributed by atoms with Gasteiger partial charge in [0.05, 0.1) is 41.7 Å². The second-order valence-corrected chi connectivity index (χ2v) is 9.76. The molecule has 3 rings (SSSR count). The molecule has 0 spiro atoms. The molecule has 0 saturated carbocycles. The van der Waals surface area contributed by atoms with Gasteiger partial charge >= 0.3 is 0 Å². The first kappa shape index (κ1) is 20.7. The zero-order valence-corrected chi connectivity index (χ0v) is 17.6. The van der Waals surface area contributed by atoms with Gasteiger partial charge in [0.2, 0.25) is 0 Å². The van der Waals surface area contributed by atoms with Crippen LogP contribution < -0.4 is 0 Å². The van der Waals surface area contributed by atoms with Crippen LogP contribution in [-0.4, -0.2) is 53.8 Å². The molecule has 3 aromatic rings. The molecule has 1 aromatic carbocycles. The second kappa shape index (κ2) is 8.14. The molecule has 0 N–H and O–H groups in total. The van der Waals surface area contributed by atoms with Crippen molar-refractivity contribution in [1.29, 1.82) is 0 Å². The Morgan fingerprint density at radius 2 is 1.93 bits per heavy atom. The van der Waals surface area contributed by atoms with Crippen LogP contribution in [0.25, 0.3) is 21.9 Å². The molecule has 2 heterocycles. The largest absolute Gasteiger partial charge is 0.374 e. The lowest BCUT2D eigenvalue weighted by atomic mass is 10.1. The molecule has 28 heavy (non-hydrogen) atoms. The van der Waals surface area contributed by atoms with Gasteiger partial charge in [-0.15, -0.1) is 0 Å². The van der Waals surface area contributed by atoms with Gasteiger partial charge in [0, 0.05) is 18.2 Å². The van der Waals surface area contributed by atoms with E-state index in [-0.39, 0.29) is 12.4 Å². The van der Waals surface area contributed by atoms with Crippen LogP contribution >= 0.6 is 0 Å². The van der Waals surface area contributed by atoms with Gasteiger partial charge in [0.1, 0.15) is 27.8 Å². The van der Waals surface area contributed by atoms with E-state index in [1.165, 1.54) is 6.26 Å². The van der Waals surface area contributed by atoms with Gasteiger partial charge in [0.25, 0.3) is 0 Å². The molecular formula is C20H27N3O4S. The van der Waals surface area contributed by atoms with Gasteiger partial charge in [-0.05, 0) is 26.8 Å². The first-order valence-electron chi connectivity index (χ1n) is 9.32. The number of rotatable bonds is 9. The van der Waals surface area contributed by atoms with Crippen molar-refractivity contribution in [3.8, 4) is 0 Å². The fourth-order valence-electron chi connectivity index (χ4n) is 3.18. The smallest absolute Gasteiger partial charge is 0.149 e. The number of hydrogen-bond donors (Lipinski definition) is 0. The van der Waals surface area contributed by atoms with Crippen molar-refractivity contribution < 1.29 is 17.9 Å². The average molecular weight is 406 g/mol. The van der Waals surface area contributed by atoms with Crippen LogP contribution in [0.1, 0.15) is 26.6 Å². The van der Waals surface area contributed by atoms with E-state index in [9.17, 15) is 8.42 Å². The topological polar surface area (TPSA) is 83.3 Å². The first-order chi connectivity index (χ1) is 13.2. The van der Waals surface area contributed by atoms with E-state index < -0.39 is 15.4 Å². The molecule has 0 atom stereocenters. The van der Waals surface area contributed by atoms with E-state index in [0.29, 0.717) is 19.8 Å². The normalized spacial score (nSPS) is 12.9. The predicted octanol–water partition coefficient (Wildman–Crippen LogP) is 2.96. The second-order valence-electron chi connectivity index (χ2n) is 7.50. The van der Waals surface area contributed by atoms with E-state index >= 15 is 0 Å². The summed E-state index contributed by atoms with van der Waals surface area (Å²) < 4.78 is 36.5. The number of pyridine rings is 1. The Kier molecular flexibility index (Phi) is 6.02. The molecule has 0 bridgehead atoms. The van der Waals surface area contributed by atoms with E-state index in [1.807, 2.05) is 45.0 Å². The number of aromatic nitrogens is 3. The number of imidazole rings is 1. The summed E-state index contributed by atoms with van der Waals surface area (Å²) in [5.41, 5.74) is 2.11. The van der Waals surface area contributed by atoms with Crippen molar-refractivity contribution in [3.63, 3.8) is 0 Å². The van der Waals surface area contributed by atoms with Crippen molar-refractivity contribution in [1.82, 2.24) is 14.5 Å². The number of nitrogens with zero attached hydrogens (tertiary/aromatic N) is 3. The Hall–Kier alpha value is -2.03. The summed E-state index contributed by atoms with van der Waals surface area (Å²) in [5.74, 6) is 0.800. The van der Waals surface area contributed by atoms with Gasteiger partial charge in [0.15, 0.2) is 0 Å². The first-order valence-corrected chi connectivity index (χ1v) is 11.4. The number of hydrogen-bond acceptors (Lipinski definition) is 6. The van der Waals surface area contributed by atoms with E-state index in [1.54, 1.807) is 6.20 Å². The van der Waals surface area contributed by atoms with Crippen LogP contribution in [0, 0.1) is 0 Å². The number of fused-ring (bicyclic) bond motifs is 3. The number of sulfone groups is 1. The highest BCUT2D eigenvalue weighted by atomic mass is 32.2. The van der Waals surface area contributed by atoms with E-state index in [2.05, 4.69) is 9.55 Å². The zero-order valence-electron chi connectivity index (χ0n) is 16.8. The molecule has 2 aromatic heterocycles. The monoisotopic (exact) mass is 405 g/mol. The van der Waals surface area contributed by atoms with Crippen molar-refractivity contribution in [3.05, 3.63) is 36.3 Å². The van der Waals surface area contributed by atoms with Gasteiger partial charge < -0.3 is 14.0 Å². The minimum Gasteiger partial charge on any atom is -0.374 e. The molecule has 0 aliphatic rings. The quantitative estimate of drug-likeness (QED) is 0.544. The van der Waals surface area contributed by atoms with Crippen molar-refractivity contribution in [2.24, 2.45) is 0 Å². The number of ether oxygens (including phenoxy) is 2. The molecular weight excluding hydrogens is 378 g/mol. The van der Waals surface area contributed by atoms with Gasteiger partial charge in [-0.1, -0.05) is 18.2 Å². The van der Waals surface area contributed by atoms with Gasteiger partial charge in [-0.3, -0.25) is 4.98 Å². The lowest BCUT2D eigenvalue weighted by Gasteiger charge is -2.27. The highest BCUT2D eigenvalue weighted by molar-refractivity contribution is 7.90. The fraction of sp³-hybridized carbons (Fsp3) is 0.500. The van der Waals surface area contributed by atoms with Crippen molar-refractivity contribution in [2.45, 2.75) is 39.5 Å². The molecule has 0 saturated heterocycles. The molecule has 0 unspecified atom stereocenters. The number of benzene rings is 1. The van der Waals surface area contributed by atoms with E-state index in [4.69, 9.17) is 14.5 Å². The summed E-state index contributed by atoms with van der Waals surface area (Å²) in [5, 5.41) is 1.02. The molecule has 0 radical (unpaired) electrons. The van der Waals surface area contributed by atoms with Crippen molar-refractivity contribution >= 4 is 31.8 Å². The lowest BCUT2D eigenvalue weighted by molar-refractivity contribution is -0.0219. The average Bonchev–Trinajstić information content (AvgIpc) is 2.96. The third kappa shape index (κ3) is 4.87. The van der Waals surface area contributed by atoms with E-state index in [0.717, 1.165) is 27.8 Å². The maximum atomic E-state index is 11.4. The summed E-state index contributed by atoms with van der Waals surface area (Å²) >= 11 is 0. The molecule has 0 aliphatic heterocycles. The summed E-state index contributed by atoms with van der Waals surface area (Å²) in [4.78, 5) is 9.23. The minimum absolute atomic E-state index is 0.000238. The van der Waals surface area contributed by atoms with Gasteiger partial charge in [-0.2, -0.15) is 0 Å². The highest BCUT2D eigenvalue weighted by Crippen LogP contribution is 2.27. The molecule has 8 heteroatoms. The van der Waals surface area contributed by atoms with Crippen LogP contribution in [0.5, 0.6) is 0 Å². The molecule has 0 amide bonds. The molecule has 7 nitrogen and oxygen atoms in total. The predicted molar refractivity (Wildman–Crippen MR) is 110 cm³/mol. The Morgan fingerprint density at radius 1 is 1.18 bits per heavy atom. The Balaban J connectivity index is 2.00. The lowest BCUT2D eigenvalue weighted by Crippen LogP contribution is -2.33. The summed E-state index contributed by atoms with van der Waals surface area (Å²) in [6, 6.07) is 7.95. The van der Waals surface area contributed by atoms with Crippen LogP contribution in [-0.2, 0) is 32.5 Å². The van der Waals surface area contributed by atoms with Gasteiger partial charge in [-0.25, -0.2) is 13.4 Å². The molecule has 0 aliphatic carbocycles. The van der Waals surface area contributed by atoms with Crippen LogP contribution in [0.3, 0.4) is 0 Å². The summed E-state index contributed by atoms with van der Waals surface area (Å²) in [7, 11) is -3.06. The van der Waals surface area contributed by atoms with Crippen LogP contribution in [0.15, 0.2) is 30.5 Å². The number of para-hydroxylation sites is 1. The van der Waals surface area contributed by atoms with Crippen LogP contribution in [0.4, 0.5) is 0 Å². The Bertz CT molecular complexity index is 1070. The fourth-order valence-corrected chi connectivity index (χ4v) is 3.57. The summed E-state index contributed by atoms with van der Waals surface area (Å²) in [6.07, 6.45) is 2.99. The molecule has 152 valence electrons. The van der Waals surface area contributed by atoms with Crippen LogP contribution in [0.2, 0.25) is 0 Å².